The van der Waals surface area contributed by atoms with Crippen molar-refractivity contribution in [2.24, 2.45) is 5.73 Å². The summed E-state index contributed by atoms with van der Waals surface area (Å²) in [4.78, 5) is 11.4. The van der Waals surface area contributed by atoms with Gasteiger partial charge in [-0.3, -0.25) is 0 Å². The molecule has 0 aliphatic rings. The summed E-state index contributed by atoms with van der Waals surface area (Å²) in [6, 6.07) is 3.41. The van der Waals surface area contributed by atoms with E-state index in [1.807, 2.05) is 17.5 Å². The standard InChI is InChI=1S/C7H9N2OS/c8-7(10)9-4-3-6-2-1-5-11-6/h1-2,5H,3-4H2,(H2,8,10). The first-order valence-electron chi connectivity index (χ1n) is 3.28. The molecule has 59 valence electrons. The van der Waals surface area contributed by atoms with E-state index in [1.54, 1.807) is 11.3 Å². The fourth-order valence-corrected chi connectivity index (χ4v) is 1.43. The first kappa shape index (κ1) is 8.07. The minimum Gasteiger partial charge on any atom is -0.350 e. The number of amides is 2. The number of nitrogens with two attached hydrogens (primary N) is 1. The van der Waals surface area contributed by atoms with Crippen LogP contribution in [0.1, 0.15) is 4.88 Å². The van der Waals surface area contributed by atoms with Crippen molar-refractivity contribution in [1.29, 1.82) is 0 Å². The van der Waals surface area contributed by atoms with Gasteiger partial charge in [-0.1, -0.05) is 6.07 Å². The maximum Gasteiger partial charge on any atom is 0.333 e. The van der Waals surface area contributed by atoms with E-state index in [2.05, 4.69) is 5.32 Å². The summed E-state index contributed by atoms with van der Waals surface area (Å²) in [6.07, 6.45) is 0.806. The lowest BCUT2D eigenvalue weighted by Crippen LogP contribution is -2.23. The van der Waals surface area contributed by atoms with Gasteiger partial charge in [-0.2, -0.15) is 0 Å². The van der Waals surface area contributed by atoms with Crippen LogP contribution in [0.4, 0.5) is 4.79 Å². The van der Waals surface area contributed by atoms with Crippen LogP contribution in [0.15, 0.2) is 17.5 Å². The number of thiophene rings is 1. The summed E-state index contributed by atoms with van der Waals surface area (Å²) >= 11 is 1.66. The zero-order chi connectivity index (χ0) is 8.10. The monoisotopic (exact) mass is 169 g/mol. The molecule has 0 bridgehead atoms. The number of carbonyl (C=O) groups excluding carboxylic acids is 1. The van der Waals surface area contributed by atoms with E-state index < -0.39 is 6.03 Å². The number of primary amides is 1. The van der Waals surface area contributed by atoms with E-state index in [1.165, 1.54) is 4.88 Å². The predicted octanol–water partition coefficient (Wildman–Crippen LogP) is 0.974. The van der Waals surface area contributed by atoms with Crippen molar-refractivity contribution < 1.29 is 4.79 Å². The van der Waals surface area contributed by atoms with Crippen molar-refractivity contribution >= 4 is 17.4 Å². The Morgan fingerprint density at radius 3 is 3.09 bits per heavy atom. The Labute approximate surface area is 69.2 Å². The number of hydrogen-bond acceptors (Lipinski definition) is 2. The molecule has 0 saturated heterocycles. The summed E-state index contributed by atoms with van der Waals surface area (Å²) in [5.74, 6) is 0. The molecule has 0 aromatic carbocycles. The van der Waals surface area contributed by atoms with Crippen LogP contribution >= 0.6 is 11.3 Å². The molecule has 11 heavy (non-hydrogen) atoms. The van der Waals surface area contributed by atoms with Crippen LogP contribution in [0, 0.1) is 0 Å². The van der Waals surface area contributed by atoms with Crippen molar-refractivity contribution in [2.45, 2.75) is 6.42 Å². The third kappa shape index (κ3) is 3.04. The van der Waals surface area contributed by atoms with Gasteiger partial charge < -0.3 is 5.73 Å². The largest absolute Gasteiger partial charge is 0.350 e. The van der Waals surface area contributed by atoms with Gasteiger partial charge in [0.2, 0.25) is 0 Å². The highest BCUT2D eigenvalue weighted by atomic mass is 32.1. The molecule has 0 saturated carbocycles. The average molecular weight is 169 g/mol. The Hall–Kier alpha value is -1.03. The van der Waals surface area contributed by atoms with E-state index in [0.29, 0.717) is 6.54 Å². The van der Waals surface area contributed by atoms with Gasteiger partial charge in [-0.25, -0.2) is 10.1 Å². The Morgan fingerprint density at radius 1 is 1.73 bits per heavy atom. The molecule has 1 rings (SSSR count). The van der Waals surface area contributed by atoms with Gasteiger partial charge in [0.05, 0.1) is 0 Å². The topological polar surface area (TPSA) is 57.2 Å². The van der Waals surface area contributed by atoms with Crippen LogP contribution in [-0.2, 0) is 6.42 Å². The fraction of sp³-hybridized carbons (Fsp3) is 0.286. The number of carbonyl (C=O) groups is 1. The molecule has 4 heteroatoms. The summed E-state index contributed by atoms with van der Waals surface area (Å²) in [5, 5.41) is 5.54. The zero-order valence-corrected chi connectivity index (χ0v) is 6.80. The highest BCUT2D eigenvalue weighted by Crippen LogP contribution is 2.07. The van der Waals surface area contributed by atoms with Crippen molar-refractivity contribution in [1.82, 2.24) is 5.32 Å². The van der Waals surface area contributed by atoms with Crippen molar-refractivity contribution in [3.8, 4) is 0 Å². The van der Waals surface area contributed by atoms with Gasteiger partial charge in [0, 0.05) is 17.8 Å². The number of rotatable bonds is 3. The first-order valence-corrected chi connectivity index (χ1v) is 4.16. The molecule has 2 N–H and O–H groups in total. The SMILES string of the molecule is NC(=O)[N]CCc1cccs1. The van der Waals surface area contributed by atoms with Crippen LogP contribution in [-0.4, -0.2) is 12.6 Å². The molecule has 0 atom stereocenters. The van der Waals surface area contributed by atoms with Gasteiger partial charge in [0.15, 0.2) is 0 Å². The Kier molecular flexibility index (Phi) is 2.92. The van der Waals surface area contributed by atoms with Crippen LogP contribution < -0.4 is 11.1 Å². The zero-order valence-electron chi connectivity index (χ0n) is 5.99. The maximum atomic E-state index is 10.2. The minimum atomic E-state index is -0.582. The Bertz CT molecular complexity index is 220. The number of nitrogens with zero attached hydrogens (tertiary/aromatic N) is 1. The van der Waals surface area contributed by atoms with Gasteiger partial charge in [0.25, 0.3) is 0 Å². The highest BCUT2D eigenvalue weighted by Gasteiger charge is 1.96. The minimum absolute atomic E-state index is 0.496. The van der Waals surface area contributed by atoms with E-state index in [4.69, 9.17) is 5.73 Å². The second-order valence-electron chi connectivity index (χ2n) is 2.05. The normalized spacial score (nSPS) is 9.45. The van der Waals surface area contributed by atoms with Crippen LogP contribution in [0.2, 0.25) is 0 Å². The summed E-state index contributed by atoms with van der Waals surface area (Å²) in [7, 11) is 0. The van der Waals surface area contributed by atoms with Crippen molar-refractivity contribution in [3.05, 3.63) is 22.4 Å². The summed E-state index contributed by atoms with van der Waals surface area (Å²) < 4.78 is 0. The molecule has 0 fully saturated rings. The van der Waals surface area contributed by atoms with E-state index in [-0.39, 0.29) is 0 Å². The summed E-state index contributed by atoms with van der Waals surface area (Å²) in [6.45, 7) is 0.496. The van der Waals surface area contributed by atoms with Gasteiger partial charge in [-0.05, 0) is 11.4 Å². The number of urea groups is 1. The molecule has 1 aromatic rings. The Morgan fingerprint density at radius 2 is 2.55 bits per heavy atom. The molecule has 1 aromatic heterocycles. The first-order chi connectivity index (χ1) is 5.29. The average Bonchev–Trinajstić information content (AvgIpc) is 2.39. The molecule has 0 aliphatic carbocycles. The molecule has 1 radical (unpaired) electrons. The molecule has 1 heterocycles. The lowest BCUT2D eigenvalue weighted by Gasteiger charge is -1.94. The molecule has 2 amide bonds. The maximum absolute atomic E-state index is 10.2. The van der Waals surface area contributed by atoms with E-state index in [9.17, 15) is 4.79 Å². The lowest BCUT2D eigenvalue weighted by atomic mass is 10.3. The summed E-state index contributed by atoms with van der Waals surface area (Å²) in [5.41, 5.74) is 4.83. The predicted molar refractivity (Wildman–Crippen MR) is 44.6 cm³/mol. The third-order valence-corrected chi connectivity index (χ3v) is 2.14. The quantitative estimate of drug-likeness (QED) is 0.720. The van der Waals surface area contributed by atoms with Crippen LogP contribution in [0.3, 0.4) is 0 Å². The molecular formula is C7H9N2OS. The molecule has 0 aliphatic heterocycles. The van der Waals surface area contributed by atoms with Crippen molar-refractivity contribution in [3.63, 3.8) is 0 Å². The molecular weight excluding hydrogens is 160 g/mol. The molecule has 3 nitrogen and oxygen atoms in total. The molecule has 0 spiro atoms. The Balaban J connectivity index is 2.19. The van der Waals surface area contributed by atoms with Gasteiger partial charge in [0.1, 0.15) is 0 Å². The fourth-order valence-electron chi connectivity index (χ4n) is 0.731. The second-order valence-corrected chi connectivity index (χ2v) is 3.08. The third-order valence-electron chi connectivity index (χ3n) is 1.21. The highest BCUT2D eigenvalue weighted by molar-refractivity contribution is 7.09. The van der Waals surface area contributed by atoms with Crippen molar-refractivity contribution in [2.75, 3.05) is 6.54 Å². The lowest BCUT2D eigenvalue weighted by molar-refractivity contribution is 0.248. The van der Waals surface area contributed by atoms with E-state index >= 15 is 0 Å². The molecule has 0 unspecified atom stereocenters. The van der Waals surface area contributed by atoms with Crippen LogP contribution in [0.25, 0.3) is 0 Å². The van der Waals surface area contributed by atoms with Gasteiger partial charge in [-0.15, -0.1) is 11.3 Å². The second kappa shape index (κ2) is 3.98. The number of hydrogen-bond donors (Lipinski definition) is 1. The van der Waals surface area contributed by atoms with E-state index in [0.717, 1.165) is 6.42 Å². The van der Waals surface area contributed by atoms with Gasteiger partial charge >= 0.3 is 6.03 Å². The van der Waals surface area contributed by atoms with Crippen LogP contribution in [0.5, 0.6) is 0 Å². The smallest absolute Gasteiger partial charge is 0.333 e.